The predicted molar refractivity (Wildman–Crippen MR) is 86.3 cm³/mol. The third-order valence-corrected chi connectivity index (χ3v) is 5.63. The van der Waals surface area contributed by atoms with Crippen LogP contribution in [0.5, 0.6) is 0 Å². The van der Waals surface area contributed by atoms with E-state index in [1.54, 1.807) is 31.2 Å². The Morgan fingerprint density at radius 3 is 2.57 bits per heavy atom. The van der Waals surface area contributed by atoms with E-state index in [2.05, 4.69) is 14.9 Å². The molecule has 6 nitrogen and oxygen atoms in total. The molecule has 1 saturated carbocycles. The summed E-state index contributed by atoms with van der Waals surface area (Å²) in [5.74, 6) is 0.846. The zero-order chi connectivity index (χ0) is 16.3. The highest BCUT2D eigenvalue weighted by atomic mass is 32.2. The predicted octanol–water partition coefficient (Wildman–Crippen LogP) is 3.05. The van der Waals surface area contributed by atoms with Gasteiger partial charge in [0.1, 0.15) is 0 Å². The molecule has 1 aromatic heterocycles. The van der Waals surface area contributed by atoms with Gasteiger partial charge in [-0.25, -0.2) is 13.1 Å². The number of aromatic nitrogens is 2. The molecule has 1 heterocycles. The number of hydrogen-bond acceptors (Lipinski definition) is 5. The van der Waals surface area contributed by atoms with Crippen LogP contribution >= 0.6 is 0 Å². The molecule has 0 atom stereocenters. The average Bonchev–Trinajstić information content (AvgIpc) is 2.81. The monoisotopic (exact) mass is 335 g/mol. The molecule has 0 bridgehead atoms. The summed E-state index contributed by atoms with van der Waals surface area (Å²) in [5, 5.41) is 3.84. The zero-order valence-electron chi connectivity index (χ0n) is 13.2. The third-order valence-electron chi connectivity index (χ3n) is 4.11. The second-order valence-electron chi connectivity index (χ2n) is 5.97. The molecular formula is C16H21N3O3S. The fourth-order valence-electron chi connectivity index (χ4n) is 2.90. The van der Waals surface area contributed by atoms with Crippen molar-refractivity contribution < 1.29 is 12.9 Å². The first-order valence-corrected chi connectivity index (χ1v) is 9.46. The van der Waals surface area contributed by atoms with Crippen LogP contribution in [0.15, 0.2) is 33.7 Å². The molecule has 0 spiro atoms. The van der Waals surface area contributed by atoms with Crippen molar-refractivity contribution in [1.29, 1.82) is 0 Å². The molecule has 0 unspecified atom stereocenters. The third kappa shape index (κ3) is 3.97. The van der Waals surface area contributed by atoms with E-state index >= 15 is 0 Å². The van der Waals surface area contributed by atoms with Gasteiger partial charge in [-0.05, 0) is 25.0 Å². The number of nitrogens with zero attached hydrogens (tertiary/aromatic N) is 2. The van der Waals surface area contributed by atoms with Crippen LogP contribution in [0.4, 0.5) is 0 Å². The Labute approximate surface area is 136 Å². The van der Waals surface area contributed by atoms with Crippen LogP contribution in [0.1, 0.15) is 44.4 Å². The lowest BCUT2D eigenvalue weighted by Crippen LogP contribution is -2.34. The van der Waals surface area contributed by atoms with Crippen LogP contribution in [-0.4, -0.2) is 24.6 Å². The number of sulfonamides is 1. The second-order valence-corrected chi connectivity index (χ2v) is 7.69. The molecule has 2 aromatic rings. The van der Waals surface area contributed by atoms with Crippen LogP contribution in [0.2, 0.25) is 0 Å². The lowest BCUT2D eigenvalue weighted by Gasteiger charge is -2.16. The van der Waals surface area contributed by atoms with Gasteiger partial charge in [-0.1, -0.05) is 43.0 Å². The van der Waals surface area contributed by atoms with Crippen molar-refractivity contribution in [3.05, 3.63) is 30.2 Å². The van der Waals surface area contributed by atoms with Gasteiger partial charge in [0.2, 0.25) is 21.7 Å². The molecule has 23 heavy (non-hydrogen) atoms. The van der Waals surface area contributed by atoms with Crippen LogP contribution in [0, 0.1) is 6.92 Å². The van der Waals surface area contributed by atoms with Crippen LogP contribution in [-0.2, 0) is 10.0 Å². The van der Waals surface area contributed by atoms with Crippen molar-refractivity contribution in [1.82, 2.24) is 14.9 Å². The van der Waals surface area contributed by atoms with Crippen LogP contribution in [0.25, 0.3) is 11.4 Å². The quantitative estimate of drug-likeness (QED) is 0.868. The van der Waals surface area contributed by atoms with E-state index in [4.69, 9.17) is 4.52 Å². The van der Waals surface area contributed by atoms with Crippen LogP contribution in [0.3, 0.4) is 0 Å². The molecule has 1 aliphatic rings. The van der Waals surface area contributed by atoms with Gasteiger partial charge < -0.3 is 4.52 Å². The molecule has 0 saturated heterocycles. The lowest BCUT2D eigenvalue weighted by atomic mass is 10.1. The summed E-state index contributed by atoms with van der Waals surface area (Å²) in [7, 11) is -3.54. The van der Waals surface area contributed by atoms with Gasteiger partial charge in [0.15, 0.2) is 0 Å². The van der Waals surface area contributed by atoms with Gasteiger partial charge in [-0.2, -0.15) is 4.98 Å². The molecule has 1 aromatic carbocycles. The highest BCUT2D eigenvalue weighted by Gasteiger charge is 2.22. The number of benzene rings is 1. The minimum atomic E-state index is -3.54. The van der Waals surface area contributed by atoms with Crippen molar-refractivity contribution in [2.24, 2.45) is 0 Å². The molecule has 124 valence electrons. The van der Waals surface area contributed by atoms with Crippen molar-refractivity contribution in [3.8, 4) is 11.4 Å². The molecule has 0 radical (unpaired) electrons. The molecule has 1 fully saturated rings. The average molecular weight is 335 g/mol. The Balaban J connectivity index is 1.82. The fraction of sp³-hybridized carbons (Fsp3) is 0.500. The standard InChI is InChI=1S/C16H21N3O3S/c1-12-17-16(18-22-12)13-7-6-10-15(11-13)23(20,21)19-14-8-4-2-3-5-9-14/h6-7,10-11,14,19H,2-5,8-9H2,1H3. The van der Waals surface area contributed by atoms with Crippen molar-refractivity contribution in [2.45, 2.75) is 56.4 Å². The van der Waals surface area contributed by atoms with Crippen molar-refractivity contribution in [2.75, 3.05) is 0 Å². The van der Waals surface area contributed by atoms with Gasteiger partial charge in [0.05, 0.1) is 4.90 Å². The summed E-state index contributed by atoms with van der Waals surface area (Å²) < 4.78 is 33.0. The van der Waals surface area contributed by atoms with E-state index in [1.165, 1.54) is 12.8 Å². The topological polar surface area (TPSA) is 85.1 Å². The highest BCUT2D eigenvalue weighted by molar-refractivity contribution is 7.89. The fourth-order valence-corrected chi connectivity index (χ4v) is 4.25. The summed E-state index contributed by atoms with van der Waals surface area (Å²) >= 11 is 0. The minimum Gasteiger partial charge on any atom is -0.339 e. The Bertz CT molecular complexity index is 762. The van der Waals surface area contributed by atoms with Crippen molar-refractivity contribution in [3.63, 3.8) is 0 Å². The Kier molecular flexibility index (Phi) is 4.77. The first kappa shape index (κ1) is 16.1. The number of nitrogens with one attached hydrogen (secondary N) is 1. The minimum absolute atomic E-state index is 0.0265. The second kappa shape index (κ2) is 6.80. The maximum absolute atomic E-state index is 12.6. The molecular weight excluding hydrogens is 314 g/mol. The van der Waals surface area contributed by atoms with Gasteiger partial charge in [-0.15, -0.1) is 0 Å². The molecule has 3 rings (SSSR count). The number of aryl methyl sites for hydroxylation is 1. The van der Waals surface area contributed by atoms with Gasteiger partial charge in [-0.3, -0.25) is 0 Å². The van der Waals surface area contributed by atoms with E-state index in [0.717, 1.165) is 25.7 Å². The highest BCUT2D eigenvalue weighted by Crippen LogP contribution is 2.22. The maximum Gasteiger partial charge on any atom is 0.240 e. The van der Waals surface area contributed by atoms with Gasteiger partial charge in [0.25, 0.3) is 0 Å². The van der Waals surface area contributed by atoms with Crippen molar-refractivity contribution >= 4 is 10.0 Å². The molecule has 1 aliphatic carbocycles. The Morgan fingerprint density at radius 1 is 1.17 bits per heavy atom. The molecule has 0 amide bonds. The number of hydrogen-bond donors (Lipinski definition) is 1. The SMILES string of the molecule is Cc1nc(-c2cccc(S(=O)(=O)NC3CCCCCC3)c2)no1. The van der Waals surface area contributed by atoms with E-state index in [1.807, 2.05) is 0 Å². The normalized spacial score (nSPS) is 17.1. The Morgan fingerprint density at radius 2 is 1.91 bits per heavy atom. The summed E-state index contributed by atoms with van der Waals surface area (Å²) in [6, 6.07) is 6.68. The first-order valence-electron chi connectivity index (χ1n) is 7.98. The molecule has 1 N–H and O–H groups in total. The van der Waals surface area contributed by atoms with E-state index in [-0.39, 0.29) is 10.9 Å². The van der Waals surface area contributed by atoms with Gasteiger partial charge >= 0.3 is 0 Å². The maximum atomic E-state index is 12.6. The van der Waals surface area contributed by atoms with E-state index in [0.29, 0.717) is 17.3 Å². The van der Waals surface area contributed by atoms with Crippen LogP contribution < -0.4 is 4.72 Å². The summed E-state index contributed by atoms with van der Waals surface area (Å²) in [6.07, 6.45) is 6.34. The summed E-state index contributed by atoms with van der Waals surface area (Å²) in [5.41, 5.74) is 0.630. The smallest absolute Gasteiger partial charge is 0.240 e. The van der Waals surface area contributed by atoms with E-state index in [9.17, 15) is 8.42 Å². The first-order chi connectivity index (χ1) is 11.0. The molecule has 0 aliphatic heterocycles. The largest absolute Gasteiger partial charge is 0.339 e. The molecule has 7 heteroatoms. The number of rotatable bonds is 4. The zero-order valence-corrected chi connectivity index (χ0v) is 14.0. The van der Waals surface area contributed by atoms with E-state index < -0.39 is 10.0 Å². The lowest BCUT2D eigenvalue weighted by molar-refractivity contribution is 0.394. The summed E-state index contributed by atoms with van der Waals surface area (Å²) in [6.45, 7) is 1.70. The van der Waals surface area contributed by atoms with Gasteiger partial charge in [0, 0.05) is 18.5 Å². The summed E-state index contributed by atoms with van der Waals surface area (Å²) in [4.78, 5) is 4.38. The Hall–Kier alpha value is -1.73.